The normalized spacial score (nSPS) is 17.2. The molecule has 1 heterocycles. The molecule has 1 aliphatic carbocycles. The van der Waals surface area contributed by atoms with Crippen LogP contribution in [0.5, 0.6) is 0 Å². The maximum absolute atomic E-state index is 11.6. The summed E-state index contributed by atoms with van der Waals surface area (Å²) in [6.45, 7) is 2.18. The fourth-order valence-electron chi connectivity index (χ4n) is 4.37. The van der Waals surface area contributed by atoms with Crippen LogP contribution in [-0.2, 0) is 11.2 Å². The first kappa shape index (κ1) is 24.0. The van der Waals surface area contributed by atoms with E-state index in [4.69, 9.17) is 16.3 Å². The van der Waals surface area contributed by atoms with Crippen molar-refractivity contribution in [1.29, 1.82) is 0 Å². The number of unbranched alkanes of at least 4 members (excludes halogenated alkanes) is 2. The molecule has 0 saturated carbocycles. The average Bonchev–Trinajstić information content (AvgIpc) is 3.40. The highest BCUT2D eigenvalue weighted by Gasteiger charge is 2.25. The Kier molecular flexibility index (Phi) is 9.18. The predicted molar refractivity (Wildman–Crippen MR) is 130 cm³/mol. The molecular formula is C26H33ClO3S. The summed E-state index contributed by atoms with van der Waals surface area (Å²) >= 11 is 8.15. The number of methoxy groups -OCH3 is 1. The number of benzene rings is 1. The second-order valence-corrected chi connectivity index (χ2v) is 9.96. The summed E-state index contributed by atoms with van der Waals surface area (Å²) in [4.78, 5) is 13.5. The van der Waals surface area contributed by atoms with Gasteiger partial charge in [-0.1, -0.05) is 62.1 Å². The topological polar surface area (TPSA) is 46.5 Å². The van der Waals surface area contributed by atoms with Crippen LogP contribution in [0.25, 0.3) is 5.57 Å². The molecule has 1 N–H and O–H groups in total. The number of hydrogen-bond acceptors (Lipinski definition) is 4. The molecule has 0 saturated heterocycles. The van der Waals surface area contributed by atoms with Crippen molar-refractivity contribution in [2.45, 2.75) is 70.8 Å². The Balaban J connectivity index is 1.57. The number of aryl methyl sites for hydroxylation is 1. The third-order valence-corrected chi connectivity index (χ3v) is 7.64. The zero-order valence-corrected chi connectivity index (χ0v) is 20.1. The van der Waals surface area contributed by atoms with E-state index >= 15 is 0 Å². The highest BCUT2D eigenvalue weighted by atomic mass is 35.5. The quantitative estimate of drug-likeness (QED) is 0.278. The molecular weight excluding hydrogens is 428 g/mol. The monoisotopic (exact) mass is 460 g/mol. The van der Waals surface area contributed by atoms with E-state index in [0.29, 0.717) is 10.8 Å². The van der Waals surface area contributed by atoms with Gasteiger partial charge in [-0.15, -0.1) is 11.3 Å². The van der Waals surface area contributed by atoms with Crippen LogP contribution < -0.4 is 0 Å². The standard InChI is InChI=1S/C26H33ClO3S/c1-3-4-5-9-23(28)18-10-12-20(13-11-18)25-19(14-16-22(25)27)7-6-8-21-15-17-24(31-21)26(29)30-2/h10-13,15,17,19,23,28H,3-9,14,16H2,1-2H3/t19?,23-/m0/s1. The molecule has 0 fully saturated rings. The minimum Gasteiger partial charge on any atom is -0.465 e. The molecule has 168 valence electrons. The van der Waals surface area contributed by atoms with E-state index < -0.39 is 0 Å². The number of carbonyl (C=O) groups is 1. The lowest BCUT2D eigenvalue weighted by molar-refractivity contribution is 0.0606. The van der Waals surface area contributed by atoms with Gasteiger partial charge >= 0.3 is 5.97 Å². The SMILES string of the molecule is CCCCC[C@H](O)c1ccc(C2=C(Cl)CCC2CCCc2ccc(C(=O)OC)s2)cc1. The zero-order valence-electron chi connectivity index (χ0n) is 18.5. The fraction of sp³-hybridized carbons (Fsp3) is 0.500. The van der Waals surface area contributed by atoms with Crippen molar-refractivity contribution in [3.8, 4) is 0 Å². The number of allylic oxidation sites excluding steroid dienone is 2. The minimum absolute atomic E-state index is 0.261. The molecule has 0 spiro atoms. The van der Waals surface area contributed by atoms with E-state index in [1.807, 2.05) is 12.1 Å². The van der Waals surface area contributed by atoms with Crippen molar-refractivity contribution in [3.63, 3.8) is 0 Å². The summed E-state index contributed by atoms with van der Waals surface area (Å²) in [5.41, 5.74) is 3.45. The summed E-state index contributed by atoms with van der Waals surface area (Å²) in [5.74, 6) is 0.204. The van der Waals surface area contributed by atoms with Gasteiger partial charge in [0.25, 0.3) is 0 Å². The Morgan fingerprint density at radius 3 is 2.68 bits per heavy atom. The molecule has 3 rings (SSSR count). The molecule has 0 bridgehead atoms. The summed E-state index contributed by atoms with van der Waals surface area (Å²) in [5, 5.41) is 11.4. The van der Waals surface area contributed by atoms with Gasteiger partial charge in [0.15, 0.2) is 0 Å². The van der Waals surface area contributed by atoms with Gasteiger partial charge in [-0.3, -0.25) is 0 Å². The Labute approximate surface area is 195 Å². The van der Waals surface area contributed by atoms with E-state index in [9.17, 15) is 9.90 Å². The van der Waals surface area contributed by atoms with Crippen LogP contribution in [0.3, 0.4) is 0 Å². The molecule has 1 unspecified atom stereocenters. The summed E-state index contributed by atoms with van der Waals surface area (Å²) < 4.78 is 4.79. The molecule has 1 aliphatic rings. The lowest BCUT2D eigenvalue weighted by Gasteiger charge is -2.17. The predicted octanol–water partition coefficient (Wildman–Crippen LogP) is 7.53. The molecule has 1 aromatic heterocycles. The Morgan fingerprint density at radius 2 is 1.97 bits per heavy atom. The molecule has 0 amide bonds. The third kappa shape index (κ3) is 6.44. The number of aliphatic hydroxyl groups excluding tert-OH is 1. The minimum atomic E-state index is -0.384. The van der Waals surface area contributed by atoms with Gasteiger partial charge < -0.3 is 9.84 Å². The Hall–Kier alpha value is -1.62. The van der Waals surface area contributed by atoms with Gasteiger partial charge in [0.2, 0.25) is 0 Å². The van der Waals surface area contributed by atoms with Gasteiger partial charge in [0.1, 0.15) is 4.88 Å². The maximum atomic E-state index is 11.6. The van der Waals surface area contributed by atoms with Crippen LogP contribution in [-0.4, -0.2) is 18.2 Å². The smallest absolute Gasteiger partial charge is 0.348 e. The van der Waals surface area contributed by atoms with Gasteiger partial charge in [0.05, 0.1) is 13.2 Å². The van der Waals surface area contributed by atoms with Crippen molar-refractivity contribution < 1.29 is 14.6 Å². The molecule has 2 atom stereocenters. The number of esters is 1. The first-order valence-electron chi connectivity index (χ1n) is 11.4. The Bertz CT molecular complexity index is 884. The highest BCUT2D eigenvalue weighted by Crippen LogP contribution is 2.43. The van der Waals surface area contributed by atoms with Crippen LogP contribution in [0.4, 0.5) is 0 Å². The van der Waals surface area contributed by atoms with Crippen LogP contribution in [0, 0.1) is 5.92 Å². The maximum Gasteiger partial charge on any atom is 0.348 e. The molecule has 3 nitrogen and oxygen atoms in total. The second-order valence-electron chi connectivity index (χ2n) is 8.34. The van der Waals surface area contributed by atoms with Crippen molar-refractivity contribution in [1.82, 2.24) is 0 Å². The van der Waals surface area contributed by atoms with Gasteiger partial charge in [-0.25, -0.2) is 4.79 Å². The fourth-order valence-corrected chi connectivity index (χ4v) is 5.71. The second kappa shape index (κ2) is 11.8. The molecule has 0 aliphatic heterocycles. The summed E-state index contributed by atoms with van der Waals surface area (Å²) in [6, 6.07) is 12.2. The summed E-state index contributed by atoms with van der Waals surface area (Å²) in [6.07, 6.45) is 8.96. The number of aliphatic hydroxyl groups is 1. The van der Waals surface area contributed by atoms with Crippen molar-refractivity contribution in [2.24, 2.45) is 5.92 Å². The highest BCUT2D eigenvalue weighted by molar-refractivity contribution is 7.13. The number of hydrogen-bond donors (Lipinski definition) is 1. The molecule has 31 heavy (non-hydrogen) atoms. The average molecular weight is 461 g/mol. The number of rotatable bonds is 11. The van der Waals surface area contributed by atoms with E-state index in [1.54, 1.807) is 0 Å². The number of thiophene rings is 1. The van der Waals surface area contributed by atoms with E-state index in [1.165, 1.54) is 40.9 Å². The molecule has 2 aromatic rings. The number of halogens is 1. The first-order valence-corrected chi connectivity index (χ1v) is 12.6. The van der Waals surface area contributed by atoms with E-state index in [2.05, 4.69) is 31.2 Å². The third-order valence-electron chi connectivity index (χ3n) is 6.12. The van der Waals surface area contributed by atoms with Crippen LogP contribution >= 0.6 is 22.9 Å². The lowest BCUT2D eigenvalue weighted by Crippen LogP contribution is -2.02. The lowest BCUT2D eigenvalue weighted by atomic mass is 9.89. The van der Waals surface area contributed by atoms with Gasteiger partial charge in [-0.2, -0.15) is 0 Å². The van der Waals surface area contributed by atoms with Gasteiger partial charge in [0, 0.05) is 9.91 Å². The van der Waals surface area contributed by atoms with Crippen LogP contribution in [0.15, 0.2) is 41.4 Å². The summed E-state index contributed by atoms with van der Waals surface area (Å²) in [7, 11) is 1.42. The van der Waals surface area contributed by atoms with Crippen LogP contribution in [0.1, 0.15) is 90.1 Å². The van der Waals surface area contributed by atoms with Crippen molar-refractivity contribution in [2.75, 3.05) is 7.11 Å². The van der Waals surface area contributed by atoms with Gasteiger partial charge in [-0.05, 0) is 73.3 Å². The van der Waals surface area contributed by atoms with E-state index in [-0.39, 0.29) is 12.1 Å². The molecule has 0 radical (unpaired) electrons. The van der Waals surface area contributed by atoms with Crippen LogP contribution in [0.2, 0.25) is 0 Å². The molecule has 5 heteroatoms. The van der Waals surface area contributed by atoms with E-state index in [0.717, 1.165) is 62.0 Å². The van der Waals surface area contributed by atoms with Crippen molar-refractivity contribution in [3.05, 3.63) is 62.3 Å². The molecule has 1 aromatic carbocycles. The Morgan fingerprint density at radius 1 is 1.19 bits per heavy atom. The first-order chi connectivity index (χ1) is 15.0. The number of carbonyl (C=O) groups excluding carboxylic acids is 1. The van der Waals surface area contributed by atoms with Crippen molar-refractivity contribution >= 4 is 34.5 Å². The largest absolute Gasteiger partial charge is 0.465 e. The number of ether oxygens (including phenoxy) is 1. The zero-order chi connectivity index (χ0) is 22.2.